The topological polar surface area (TPSA) is 55.3 Å². The second kappa shape index (κ2) is 4.37. The van der Waals surface area contributed by atoms with Crippen LogP contribution in [0, 0.1) is 0 Å². The number of imidazole rings is 1. The lowest BCUT2D eigenvalue weighted by Crippen LogP contribution is -2.36. The summed E-state index contributed by atoms with van der Waals surface area (Å²) < 4.78 is 2.05. The van der Waals surface area contributed by atoms with Crippen molar-refractivity contribution >= 4 is 11.3 Å². The normalized spacial score (nSPS) is 20.8. The smallest absolute Gasteiger partial charge is 0.116 e. The molecule has 0 aliphatic carbocycles. The number of nitrogen functional groups attached to an aromatic ring is 1. The van der Waals surface area contributed by atoms with Crippen molar-refractivity contribution in [1.82, 2.24) is 14.7 Å². The molecule has 3 N–H and O–H groups in total. The van der Waals surface area contributed by atoms with Crippen LogP contribution in [0.5, 0.6) is 0 Å². The van der Waals surface area contributed by atoms with Gasteiger partial charge in [-0.2, -0.15) is 0 Å². The van der Waals surface area contributed by atoms with Crippen molar-refractivity contribution in [3.8, 4) is 0 Å². The number of hydrogen-bond acceptors (Lipinski definition) is 3. The number of nitrogens with one attached hydrogen (secondary N) is 1. The van der Waals surface area contributed by atoms with Gasteiger partial charge in [0.15, 0.2) is 0 Å². The second-order valence-electron chi connectivity index (χ2n) is 4.74. The van der Waals surface area contributed by atoms with Crippen LogP contribution in [0.1, 0.15) is 25.1 Å². The molecule has 3 heterocycles. The zero-order valence-corrected chi connectivity index (χ0v) is 9.89. The highest BCUT2D eigenvalue weighted by Crippen LogP contribution is 2.16. The maximum Gasteiger partial charge on any atom is 0.116 e. The minimum absolute atomic E-state index is 0.550. The van der Waals surface area contributed by atoms with Crippen molar-refractivity contribution in [3.05, 3.63) is 30.2 Å². The molecule has 0 aromatic carbocycles. The lowest BCUT2D eigenvalue weighted by Gasteiger charge is -2.22. The van der Waals surface area contributed by atoms with Crippen LogP contribution in [0.25, 0.3) is 5.52 Å². The maximum atomic E-state index is 6.01. The Kier molecular flexibility index (Phi) is 2.73. The number of piperidine rings is 1. The van der Waals surface area contributed by atoms with Gasteiger partial charge in [-0.15, -0.1) is 0 Å². The monoisotopic (exact) mass is 230 g/mol. The van der Waals surface area contributed by atoms with Crippen LogP contribution >= 0.6 is 0 Å². The van der Waals surface area contributed by atoms with Crippen LogP contribution in [0.4, 0.5) is 5.82 Å². The average Bonchev–Trinajstić information content (AvgIpc) is 2.75. The molecule has 0 bridgehead atoms. The van der Waals surface area contributed by atoms with Crippen LogP contribution in [0.3, 0.4) is 0 Å². The summed E-state index contributed by atoms with van der Waals surface area (Å²) in [5.41, 5.74) is 7.09. The summed E-state index contributed by atoms with van der Waals surface area (Å²) in [7, 11) is 0. The lowest BCUT2D eigenvalue weighted by molar-refractivity contribution is 0.394. The molecule has 3 rings (SSSR count). The van der Waals surface area contributed by atoms with E-state index in [9.17, 15) is 0 Å². The van der Waals surface area contributed by atoms with Gasteiger partial charge < -0.3 is 11.1 Å². The Morgan fingerprint density at radius 2 is 2.35 bits per heavy atom. The number of anilines is 1. The van der Waals surface area contributed by atoms with E-state index in [0.717, 1.165) is 30.1 Å². The van der Waals surface area contributed by atoms with Crippen molar-refractivity contribution in [3.63, 3.8) is 0 Å². The highest BCUT2D eigenvalue weighted by Gasteiger charge is 2.16. The molecule has 0 amide bonds. The van der Waals surface area contributed by atoms with Crippen molar-refractivity contribution in [2.75, 3.05) is 12.3 Å². The number of nitrogens with two attached hydrogens (primary N) is 1. The third-order valence-electron chi connectivity index (χ3n) is 3.50. The number of rotatable bonds is 2. The molecule has 2 aromatic rings. The van der Waals surface area contributed by atoms with Crippen molar-refractivity contribution < 1.29 is 0 Å². The summed E-state index contributed by atoms with van der Waals surface area (Å²) in [5, 5.41) is 3.55. The Morgan fingerprint density at radius 1 is 1.41 bits per heavy atom. The van der Waals surface area contributed by atoms with Gasteiger partial charge >= 0.3 is 0 Å². The zero-order chi connectivity index (χ0) is 11.7. The van der Waals surface area contributed by atoms with Crippen molar-refractivity contribution in [1.29, 1.82) is 0 Å². The van der Waals surface area contributed by atoms with E-state index in [1.807, 2.05) is 24.4 Å². The van der Waals surface area contributed by atoms with Crippen LogP contribution in [0.15, 0.2) is 24.4 Å². The number of fused-ring (bicyclic) bond motifs is 1. The maximum absolute atomic E-state index is 6.01. The van der Waals surface area contributed by atoms with Crippen LogP contribution in [-0.2, 0) is 6.42 Å². The largest absolute Gasteiger partial charge is 0.385 e. The summed E-state index contributed by atoms with van der Waals surface area (Å²) in [6.45, 7) is 1.13. The fourth-order valence-corrected chi connectivity index (χ4v) is 2.60. The highest BCUT2D eigenvalue weighted by molar-refractivity contribution is 5.53. The SMILES string of the molecule is Nc1cccc2cnc(CC3CCCCN3)n12. The molecule has 0 radical (unpaired) electrons. The predicted octanol–water partition coefficient (Wildman–Crippen LogP) is 1.60. The molecular weight excluding hydrogens is 212 g/mol. The van der Waals surface area contributed by atoms with Gasteiger partial charge in [0, 0.05) is 12.5 Å². The molecule has 0 spiro atoms. The van der Waals surface area contributed by atoms with Crippen molar-refractivity contribution in [2.45, 2.75) is 31.7 Å². The van der Waals surface area contributed by atoms with Gasteiger partial charge in [-0.25, -0.2) is 4.98 Å². The first-order valence-corrected chi connectivity index (χ1v) is 6.29. The molecule has 1 aliphatic rings. The lowest BCUT2D eigenvalue weighted by atomic mass is 10.0. The van der Waals surface area contributed by atoms with Crippen molar-refractivity contribution in [2.24, 2.45) is 0 Å². The predicted molar refractivity (Wildman–Crippen MR) is 69.0 cm³/mol. The minimum atomic E-state index is 0.550. The van der Waals surface area contributed by atoms with E-state index in [1.165, 1.54) is 19.3 Å². The Balaban J connectivity index is 1.89. The van der Waals surface area contributed by atoms with Gasteiger partial charge in [0.2, 0.25) is 0 Å². The summed E-state index contributed by atoms with van der Waals surface area (Å²) in [6, 6.07) is 6.48. The number of pyridine rings is 1. The van der Waals surface area contributed by atoms with Gasteiger partial charge in [0.25, 0.3) is 0 Å². The van der Waals surface area contributed by atoms with Gasteiger partial charge in [-0.1, -0.05) is 12.5 Å². The first kappa shape index (κ1) is 10.6. The Morgan fingerprint density at radius 3 is 3.18 bits per heavy atom. The summed E-state index contributed by atoms with van der Waals surface area (Å²) in [4.78, 5) is 4.49. The Hall–Kier alpha value is -1.55. The fourth-order valence-electron chi connectivity index (χ4n) is 2.60. The van der Waals surface area contributed by atoms with Gasteiger partial charge in [-0.05, 0) is 31.5 Å². The van der Waals surface area contributed by atoms with E-state index >= 15 is 0 Å². The number of aromatic nitrogens is 2. The zero-order valence-electron chi connectivity index (χ0n) is 9.89. The van der Waals surface area contributed by atoms with E-state index < -0.39 is 0 Å². The minimum Gasteiger partial charge on any atom is -0.385 e. The number of nitrogens with zero attached hydrogens (tertiary/aromatic N) is 2. The average molecular weight is 230 g/mol. The number of hydrogen-bond donors (Lipinski definition) is 2. The van der Waals surface area contributed by atoms with Crippen LogP contribution in [0.2, 0.25) is 0 Å². The first-order valence-electron chi connectivity index (χ1n) is 6.29. The van der Waals surface area contributed by atoms with Crippen LogP contribution in [-0.4, -0.2) is 22.0 Å². The van der Waals surface area contributed by atoms with Gasteiger partial charge in [0.1, 0.15) is 11.6 Å². The summed E-state index contributed by atoms with van der Waals surface area (Å²) >= 11 is 0. The quantitative estimate of drug-likeness (QED) is 0.824. The molecule has 90 valence electrons. The summed E-state index contributed by atoms with van der Waals surface area (Å²) in [6.07, 6.45) is 6.70. The Bertz CT molecular complexity index is 511. The molecule has 1 aliphatic heterocycles. The molecule has 2 aromatic heterocycles. The molecule has 4 nitrogen and oxygen atoms in total. The fraction of sp³-hybridized carbons (Fsp3) is 0.462. The molecule has 17 heavy (non-hydrogen) atoms. The van der Waals surface area contributed by atoms with Gasteiger partial charge in [-0.3, -0.25) is 4.40 Å². The highest BCUT2D eigenvalue weighted by atomic mass is 15.1. The molecule has 1 unspecified atom stereocenters. The molecule has 4 heteroatoms. The van der Waals surface area contributed by atoms with Crippen LogP contribution < -0.4 is 11.1 Å². The van der Waals surface area contributed by atoms with E-state index in [-0.39, 0.29) is 0 Å². The Labute approximate surface area is 101 Å². The second-order valence-corrected chi connectivity index (χ2v) is 4.74. The third-order valence-corrected chi connectivity index (χ3v) is 3.50. The van der Waals surface area contributed by atoms with E-state index in [4.69, 9.17) is 5.73 Å². The van der Waals surface area contributed by atoms with E-state index in [2.05, 4.69) is 14.7 Å². The standard InChI is InChI=1S/C13H18N4/c14-12-6-3-5-11-9-16-13(17(11)12)8-10-4-1-2-7-15-10/h3,5-6,9-10,15H,1-2,4,7-8,14H2. The van der Waals surface area contributed by atoms with E-state index in [1.54, 1.807) is 0 Å². The molecule has 1 atom stereocenters. The molecule has 0 saturated carbocycles. The van der Waals surface area contributed by atoms with E-state index in [0.29, 0.717) is 6.04 Å². The molecule has 1 saturated heterocycles. The molecule has 1 fully saturated rings. The van der Waals surface area contributed by atoms with Gasteiger partial charge in [0.05, 0.1) is 11.7 Å². The molecular formula is C13H18N4. The third kappa shape index (κ3) is 2.00. The first-order chi connectivity index (χ1) is 8.34. The summed E-state index contributed by atoms with van der Waals surface area (Å²) in [5.74, 6) is 1.84.